The topological polar surface area (TPSA) is 62.2 Å². The maximum Gasteiger partial charge on any atom is 0.254 e. The highest BCUT2D eigenvalue weighted by Crippen LogP contribution is 2.29. The number of nitrogens with zero attached hydrogens (tertiary/aromatic N) is 2. The first-order valence-electron chi connectivity index (χ1n) is 8.18. The number of hydrogen-bond acceptors (Lipinski definition) is 5. The van der Waals surface area contributed by atoms with Crippen molar-refractivity contribution in [1.29, 1.82) is 0 Å². The first-order valence-corrected chi connectivity index (χ1v) is 8.18. The number of aromatic hydroxyl groups is 1. The number of piperazine rings is 1. The van der Waals surface area contributed by atoms with Crippen molar-refractivity contribution in [2.45, 2.75) is 0 Å². The highest BCUT2D eigenvalue weighted by molar-refractivity contribution is 5.95. The van der Waals surface area contributed by atoms with E-state index >= 15 is 0 Å². The van der Waals surface area contributed by atoms with Crippen molar-refractivity contribution in [1.82, 2.24) is 4.90 Å². The molecule has 1 aliphatic rings. The van der Waals surface area contributed by atoms with Gasteiger partial charge in [-0.2, -0.15) is 0 Å². The minimum atomic E-state index is -0.0297. The number of carbonyl (C=O) groups is 1. The molecule has 0 atom stereocenters. The second-order valence-corrected chi connectivity index (χ2v) is 5.84. The molecule has 0 aliphatic carbocycles. The normalized spacial score (nSPS) is 14.3. The largest absolute Gasteiger partial charge is 0.506 e. The summed E-state index contributed by atoms with van der Waals surface area (Å²) in [6.45, 7) is 2.55. The van der Waals surface area contributed by atoms with Crippen LogP contribution < -0.4 is 14.4 Å². The van der Waals surface area contributed by atoms with Gasteiger partial charge in [-0.3, -0.25) is 4.79 Å². The van der Waals surface area contributed by atoms with E-state index in [0.29, 0.717) is 43.2 Å². The van der Waals surface area contributed by atoms with Crippen LogP contribution in [0, 0.1) is 0 Å². The minimum absolute atomic E-state index is 0.0297. The van der Waals surface area contributed by atoms with Gasteiger partial charge in [-0.05, 0) is 30.3 Å². The smallest absolute Gasteiger partial charge is 0.254 e. The molecule has 0 aromatic heterocycles. The molecule has 2 aromatic carbocycles. The molecular weight excluding hydrogens is 320 g/mol. The van der Waals surface area contributed by atoms with E-state index in [-0.39, 0.29) is 11.7 Å². The number of rotatable bonds is 4. The molecule has 3 rings (SSSR count). The third kappa shape index (κ3) is 3.47. The van der Waals surface area contributed by atoms with E-state index in [2.05, 4.69) is 4.90 Å². The molecule has 132 valence electrons. The second-order valence-electron chi connectivity index (χ2n) is 5.84. The van der Waals surface area contributed by atoms with Crippen LogP contribution in [0.1, 0.15) is 10.4 Å². The summed E-state index contributed by atoms with van der Waals surface area (Å²) in [6, 6.07) is 12.5. The number of ether oxygens (including phenoxy) is 2. The van der Waals surface area contributed by atoms with Crippen molar-refractivity contribution in [2.24, 2.45) is 0 Å². The van der Waals surface area contributed by atoms with Crippen molar-refractivity contribution >= 4 is 11.6 Å². The Morgan fingerprint density at radius 3 is 2.28 bits per heavy atom. The maximum absolute atomic E-state index is 12.7. The lowest BCUT2D eigenvalue weighted by atomic mass is 10.1. The molecule has 1 N–H and O–H groups in total. The Labute approximate surface area is 147 Å². The van der Waals surface area contributed by atoms with Crippen LogP contribution in [-0.2, 0) is 0 Å². The van der Waals surface area contributed by atoms with Gasteiger partial charge in [0.2, 0.25) is 0 Å². The monoisotopic (exact) mass is 342 g/mol. The van der Waals surface area contributed by atoms with E-state index < -0.39 is 0 Å². The molecule has 25 heavy (non-hydrogen) atoms. The highest BCUT2D eigenvalue weighted by Gasteiger charge is 2.24. The van der Waals surface area contributed by atoms with E-state index in [0.717, 1.165) is 5.69 Å². The average Bonchev–Trinajstić information content (AvgIpc) is 2.67. The zero-order valence-electron chi connectivity index (χ0n) is 14.4. The number of benzene rings is 2. The van der Waals surface area contributed by atoms with Gasteiger partial charge in [-0.15, -0.1) is 0 Å². The van der Waals surface area contributed by atoms with Crippen molar-refractivity contribution in [3.63, 3.8) is 0 Å². The highest BCUT2D eigenvalue weighted by atomic mass is 16.5. The quantitative estimate of drug-likeness (QED) is 0.924. The molecule has 6 heteroatoms. The van der Waals surface area contributed by atoms with E-state index in [1.807, 2.05) is 17.0 Å². The molecule has 0 saturated carbocycles. The summed E-state index contributed by atoms with van der Waals surface area (Å²) in [6.07, 6.45) is 0. The van der Waals surface area contributed by atoms with Crippen molar-refractivity contribution in [3.8, 4) is 17.2 Å². The summed E-state index contributed by atoms with van der Waals surface area (Å²) in [5, 5.41) is 9.97. The van der Waals surface area contributed by atoms with E-state index in [4.69, 9.17) is 9.47 Å². The molecule has 0 radical (unpaired) electrons. The molecule has 1 fully saturated rings. The minimum Gasteiger partial charge on any atom is -0.506 e. The third-order valence-electron chi connectivity index (χ3n) is 4.42. The number of hydrogen-bond donors (Lipinski definition) is 1. The number of phenols is 1. The third-order valence-corrected chi connectivity index (χ3v) is 4.42. The Kier molecular flexibility index (Phi) is 4.97. The van der Waals surface area contributed by atoms with Gasteiger partial charge in [0.1, 0.15) is 5.75 Å². The van der Waals surface area contributed by atoms with Crippen molar-refractivity contribution in [3.05, 3.63) is 48.0 Å². The molecule has 6 nitrogen and oxygen atoms in total. The fourth-order valence-corrected chi connectivity index (χ4v) is 3.03. The molecule has 1 saturated heterocycles. The number of carbonyl (C=O) groups excluding carboxylic acids is 1. The van der Waals surface area contributed by atoms with Crippen molar-refractivity contribution in [2.75, 3.05) is 45.3 Å². The predicted octanol–water partition coefficient (Wildman–Crippen LogP) is 2.37. The number of amides is 1. The first kappa shape index (κ1) is 17.0. The summed E-state index contributed by atoms with van der Waals surface area (Å²) in [5.74, 6) is 1.38. The second kappa shape index (κ2) is 7.34. The Balaban J connectivity index is 1.69. The SMILES string of the molecule is COc1ccc(C(=O)N2CCN(c3ccccc3O)CC2)cc1OC. The molecule has 2 aromatic rings. The van der Waals surface area contributed by atoms with Gasteiger partial charge in [-0.25, -0.2) is 0 Å². The lowest BCUT2D eigenvalue weighted by Gasteiger charge is -2.36. The number of para-hydroxylation sites is 2. The molecule has 1 heterocycles. The van der Waals surface area contributed by atoms with Gasteiger partial charge in [0.15, 0.2) is 11.5 Å². The number of phenolic OH excluding ortho intramolecular Hbond substituents is 1. The van der Waals surface area contributed by atoms with Crippen LogP contribution >= 0.6 is 0 Å². The Morgan fingerprint density at radius 1 is 0.960 bits per heavy atom. The van der Waals surface area contributed by atoms with Crippen LogP contribution in [0.4, 0.5) is 5.69 Å². The lowest BCUT2D eigenvalue weighted by Crippen LogP contribution is -2.48. The Bertz CT molecular complexity index is 755. The Hall–Kier alpha value is -2.89. The van der Waals surface area contributed by atoms with Crippen LogP contribution in [0.3, 0.4) is 0 Å². The van der Waals surface area contributed by atoms with Crippen LogP contribution in [0.2, 0.25) is 0 Å². The Morgan fingerprint density at radius 2 is 1.64 bits per heavy atom. The molecule has 1 aliphatic heterocycles. The fourth-order valence-electron chi connectivity index (χ4n) is 3.03. The number of anilines is 1. The standard InChI is InChI=1S/C19H22N2O4/c1-24-17-8-7-14(13-18(17)25-2)19(23)21-11-9-20(10-12-21)15-5-3-4-6-16(15)22/h3-8,13,22H,9-12H2,1-2H3. The predicted molar refractivity (Wildman–Crippen MR) is 95.8 cm³/mol. The summed E-state index contributed by atoms with van der Waals surface area (Å²) in [7, 11) is 3.12. The van der Waals surface area contributed by atoms with Gasteiger partial charge in [0.05, 0.1) is 19.9 Å². The van der Waals surface area contributed by atoms with Crippen molar-refractivity contribution < 1.29 is 19.4 Å². The first-order chi connectivity index (χ1) is 12.1. The summed E-state index contributed by atoms with van der Waals surface area (Å²) < 4.78 is 10.5. The van der Waals surface area contributed by atoms with Crippen LogP contribution in [0.5, 0.6) is 17.2 Å². The summed E-state index contributed by atoms with van der Waals surface area (Å²) in [4.78, 5) is 16.6. The van der Waals surface area contributed by atoms with Gasteiger partial charge in [-0.1, -0.05) is 12.1 Å². The van der Waals surface area contributed by atoms with Gasteiger partial charge in [0, 0.05) is 31.7 Å². The zero-order chi connectivity index (χ0) is 17.8. The van der Waals surface area contributed by atoms with E-state index in [9.17, 15) is 9.90 Å². The average molecular weight is 342 g/mol. The van der Waals surface area contributed by atoms with Gasteiger partial charge >= 0.3 is 0 Å². The molecule has 0 spiro atoms. The van der Waals surface area contributed by atoms with E-state index in [1.165, 1.54) is 0 Å². The maximum atomic E-state index is 12.7. The van der Waals surface area contributed by atoms with Crippen LogP contribution in [0.15, 0.2) is 42.5 Å². The van der Waals surface area contributed by atoms with Crippen LogP contribution in [0.25, 0.3) is 0 Å². The molecule has 0 unspecified atom stereocenters. The zero-order valence-corrected chi connectivity index (χ0v) is 14.4. The van der Waals surface area contributed by atoms with Crippen LogP contribution in [-0.4, -0.2) is 56.3 Å². The summed E-state index contributed by atoms with van der Waals surface area (Å²) in [5.41, 5.74) is 1.38. The van der Waals surface area contributed by atoms with Gasteiger partial charge in [0.25, 0.3) is 5.91 Å². The number of methoxy groups -OCH3 is 2. The summed E-state index contributed by atoms with van der Waals surface area (Å²) >= 11 is 0. The van der Waals surface area contributed by atoms with E-state index in [1.54, 1.807) is 44.6 Å². The fraction of sp³-hybridized carbons (Fsp3) is 0.316. The molecule has 1 amide bonds. The lowest BCUT2D eigenvalue weighted by molar-refractivity contribution is 0.0746. The molecular formula is C19H22N2O4. The molecule has 0 bridgehead atoms. The van der Waals surface area contributed by atoms with Gasteiger partial charge < -0.3 is 24.4 Å².